The Morgan fingerprint density at radius 2 is 1.89 bits per heavy atom. The number of hydrogen-bond donors (Lipinski definition) is 2. The first-order valence-electron chi connectivity index (χ1n) is 13.0. The summed E-state index contributed by atoms with van der Waals surface area (Å²) in [5.41, 5.74) is 4.76. The SMILES string of the molecule is CC1(C)CC(c2cccc(N3CCOCC3)c2)Nc2ccc(C(=O)N3CCC(C(C)(C)O)C3)cc21. The monoisotopic (exact) mass is 477 g/mol. The second-order valence-electron chi connectivity index (χ2n) is 11.6. The van der Waals surface area contributed by atoms with E-state index >= 15 is 0 Å². The highest BCUT2D eigenvalue weighted by Gasteiger charge is 2.37. The van der Waals surface area contributed by atoms with Crippen LogP contribution in [0, 0.1) is 5.92 Å². The molecule has 2 saturated heterocycles. The number of benzene rings is 2. The fraction of sp³-hybridized carbons (Fsp3) is 0.552. The number of ether oxygens (including phenoxy) is 1. The van der Waals surface area contributed by atoms with E-state index in [4.69, 9.17) is 4.74 Å². The van der Waals surface area contributed by atoms with Crippen molar-refractivity contribution in [3.63, 3.8) is 0 Å². The molecular formula is C29H39N3O3. The molecule has 6 nitrogen and oxygen atoms in total. The lowest BCUT2D eigenvalue weighted by Gasteiger charge is -2.39. The average molecular weight is 478 g/mol. The maximum absolute atomic E-state index is 13.3. The first-order chi connectivity index (χ1) is 16.6. The smallest absolute Gasteiger partial charge is 0.253 e. The van der Waals surface area contributed by atoms with Crippen LogP contribution in [0.15, 0.2) is 42.5 Å². The zero-order chi connectivity index (χ0) is 24.8. The molecule has 6 heteroatoms. The summed E-state index contributed by atoms with van der Waals surface area (Å²) in [4.78, 5) is 17.6. The van der Waals surface area contributed by atoms with Gasteiger partial charge in [-0.1, -0.05) is 26.0 Å². The van der Waals surface area contributed by atoms with Crippen LogP contribution in [0.2, 0.25) is 0 Å². The summed E-state index contributed by atoms with van der Waals surface area (Å²) in [6, 6.07) is 15.2. The molecule has 2 aromatic rings. The Kier molecular flexibility index (Phi) is 6.30. The van der Waals surface area contributed by atoms with Crippen LogP contribution < -0.4 is 10.2 Å². The van der Waals surface area contributed by atoms with Gasteiger partial charge in [-0.15, -0.1) is 0 Å². The van der Waals surface area contributed by atoms with Gasteiger partial charge in [0.2, 0.25) is 0 Å². The van der Waals surface area contributed by atoms with Crippen molar-refractivity contribution in [3.05, 3.63) is 59.2 Å². The fourth-order valence-corrected chi connectivity index (χ4v) is 5.89. The third-order valence-corrected chi connectivity index (χ3v) is 8.16. The maximum Gasteiger partial charge on any atom is 0.253 e. The van der Waals surface area contributed by atoms with E-state index in [1.54, 1.807) is 0 Å². The van der Waals surface area contributed by atoms with E-state index in [0.29, 0.717) is 13.1 Å². The van der Waals surface area contributed by atoms with Crippen LogP contribution in [-0.4, -0.2) is 60.9 Å². The Morgan fingerprint density at radius 3 is 2.60 bits per heavy atom. The predicted molar refractivity (Wildman–Crippen MR) is 140 cm³/mol. The minimum absolute atomic E-state index is 0.0654. The van der Waals surface area contributed by atoms with Gasteiger partial charge in [-0.3, -0.25) is 4.79 Å². The van der Waals surface area contributed by atoms with Gasteiger partial charge >= 0.3 is 0 Å². The van der Waals surface area contributed by atoms with Crippen LogP contribution in [0.25, 0.3) is 0 Å². The van der Waals surface area contributed by atoms with Crippen molar-refractivity contribution in [1.82, 2.24) is 4.90 Å². The molecule has 0 aliphatic carbocycles. The predicted octanol–water partition coefficient (Wildman–Crippen LogP) is 4.59. The molecule has 3 aliphatic rings. The van der Waals surface area contributed by atoms with Crippen molar-refractivity contribution in [2.24, 2.45) is 5.92 Å². The number of carbonyl (C=O) groups is 1. The number of likely N-dealkylation sites (tertiary alicyclic amines) is 1. The molecule has 0 spiro atoms. The minimum Gasteiger partial charge on any atom is -0.390 e. The second-order valence-corrected chi connectivity index (χ2v) is 11.6. The van der Waals surface area contributed by atoms with E-state index in [9.17, 15) is 9.90 Å². The number of carbonyl (C=O) groups excluding carboxylic acids is 1. The molecule has 2 fully saturated rings. The minimum atomic E-state index is -0.759. The molecule has 2 atom stereocenters. The lowest BCUT2D eigenvalue weighted by Crippen LogP contribution is -2.36. The van der Waals surface area contributed by atoms with Crippen LogP contribution >= 0.6 is 0 Å². The van der Waals surface area contributed by atoms with E-state index < -0.39 is 5.60 Å². The standard InChI is InChI=1S/C29H39N3O3/c1-28(2)18-26(20-6-5-7-23(16-20)31-12-14-35-15-13-31)30-25-9-8-21(17-24(25)28)27(33)32-11-10-22(19-32)29(3,4)34/h5-9,16-17,22,26,30,34H,10-15,18-19H2,1-4H3. The summed E-state index contributed by atoms with van der Waals surface area (Å²) in [6.45, 7) is 13.0. The fourth-order valence-electron chi connectivity index (χ4n) is 5.89. The molecule has 35 heavy (non-hydrogen) atoms. The topological polar surface area (TPSA) is 65.0 Å². The van der Waals surface area contributed by atoms with Gasteiger partial charge < -0.3 is 25.0 Å². The third kappa shape index (κ3) is 4.91. The number of hydrogen-bond acceptors (Lipinski definition) is 5. The van der Waals surface area contributed by atoms with Gasteiger partial charge in [-0.05, 0) is 73.6 Å². The van der Waals surface area contributed by atoms with Crippen molar-refractivity contribution in [1.29, 1.82) is 0 Å². The Bertz CT molecular complexity index is 1080. The molecular weight excluding hydrogens is 438 g/mol. The Balaban J connectivity index is 1.35. The largest absolute Gasteiger partial charge is 0.390 e. The normalized spacial score (nSPS) is 24.1. The van der Waals surface area contributed by atoms with Crippen molar-refractivity contribution in [2.75, 3.05) is 49.6 Å². The highest BCUT2D eigenvalue weighted by molar-refractivity contribution is 5.95. The molecule has 2 N–H and O–H groups in total. The Hall–Kier alpha value is -2.57. The zero-order valence-corrected chi connectivity index (χ0v) is 21.5. The highest BCUT2D eigenvalue weighted by Crippen LogP contribution is 2.45. The lowest BCUT2D eigenvalue weighted by molar-refractivity contribution is 0.0211. The Morgan fingerprint density at radius 1 is 1.11 bits per heavy atom. The molecule has 5 rings (SSSR count). The number of aliphatic hydroxyl groups is 1. The molecule has 3 heterocycles. The van der Waals surface area contributed by atoms with Gasteiger partial charge in [0.25, 0.3) is 5.91 Å². The van der Waals surface area contributed by atoms with Gasteiger partial charge in [-0.2, -0.15) is 0 Å². The number of rotatable bonds is 4. The first kappa shape index (κ1) is 24.1. The lowest BCUT2D eigenvalue weighted by atomic mass is 9.73. The number of anilines is 2. The third-order valence-electron chi connectivity index (χ3n) is 8.16. The van der Waals surface area contributed by atoms with Crippen molar-refractivity contribution >= 4 is 17.3 Å². The molecule has 2 unspecified atom stereocenters. The number of nitrogens with zero attached hydrogens (tertiary/aromatic N) is 2. The van der Waals surface area contributed by atoms with Gasteiger partial charge in [0.15, 0.2) is 0 Å². The molecule has 3 aliphatic heterocycles. The zero-order valence-electron chi connectivity index (χ0n) is 21.5. The van der Waals surface area contributed by atoms with Crippen LogP contribution in [0.5, 0.6) is 0 Å². The first-order valence-corrected chi connectivity index (χ1v) is 13.0. The molecule has 0 aromatic heterocycles. The number of nitrogens with one attached hydrogen (secondary N) is 1. The molecule has 1 amide bonds. The second kappa shape index (κ2) is 9.14. The van der Waals surface area contributed by atoms with E-state index in [0.717, 1.165) is 50.4 Å². The molecule has 0 saturated carbocycles. The van der Waals surface area contributed by atoms with Crippen LogP contribution in [0.4, 0.5) is 11.4 Å². The van der Waals surface area contributed by atoms with Gasteiger partial charge in [-0.25, -0.2) is 0 Å². The van der Waals surface area contributed by atoms with E-state index in [1.165, 1.54) is 16.8 Å². The summed E-state index contributed by atoms with van der Waals surface area (Å²) in [6.07, 6.45) is 1.80. The van der Waals surface area contributed by atoms with Crippen LogP contribution in [-0.2, 0) is 10.2 Å². The van der Waals surface area contributed by atoms with Crippen LogP contribution in [0.1, 0.15) is 68.1 Å². The van der Waals surface area contributed by atoms with Crippen molar-refractivity contribution in [2.45, 2.75) is 57.6 Å². The van der Waals surface area contributed by atoms with E-state index in [2.05, 4.69) is 60.5 Å². The van der Waals surface area contributed by atoms with Crippen molar-refractivity contribution in [3.8, 4) is 0 Å². The number of morpholine rings is 1. The average Bonchev–Trinajstić information content (AvgIpc) is 3.35. The van der Waals surface area contributed by atoms with Gasteiger partial charge in [0.1, 0.15) is 0 Å². The van der Waals surface area contributed by atoms with Gasteiger partial charge in [0.05, 0.1) is 24.9 Å². The van der Waals surface area contributed by atoms with Gasteiger partial charge in [0, 0.05) is 49.0 Å². The Labute approximate surface area is 209 Å². The van der Waals surface area contributed by atoms with Crippen LogP contribution in [0.3, 0.4) is 0 Å². The molecule has 0 radical (unpaired) electrons. The van der Waals surface area contributed by atoms with E-state index in [1.807, 2.05) is 24.8 Å². The molecule has 2 aromatic carbocycles. The summed E-state index contributed by atoms with van der Waals surface area (Å²) < 4.78 is 5.52. The number of fused-ring (bicyclic) bond motifs is 1. The summed E-state index contributed by atoms with van der Waals surface area (Å²) in [5, 5.41) is 14.1. The summed E-state index contributed by atoms with van der Waals surface area (Å²) in [5.74, 6) is 0.187. The number of amides is 1. The maximum atomic E-state index is 13.3. The highest BCUT2D eigenvalue weighted by atomic mass is 16.5. The summed E-state index contributed by atoms with van der Waals surface area (Å²) >= 11 is 0. The molecule has 0 bridgehead atoms. The molecule has 188 valence electrons. The summed E-state index contributed by atoms with van der Waals surface area (Å²) in [7, 11) is 0. The van der Waals surface area contributed by atoms with Crippen molar-refractivity contribution < 1.29 is 14.6 Å². The van der Waals surface area contributed by atoms with E-state index in [-0.39, 0.29) is 23.3 Å². The quantitative estimate of drug-likeness (QED) is 0.674.